The lowest BCUT2D eigenvalue weighted by Gasteiger charge is -2.11. The maximum atomic E-state index is 13.6. The number of benzene rings is 4. The number of aromatic nitrogens is 2. The van der Waals surface area contributed by atoms with E-state index in [1.807, 2.05) is 24.5 Å². The van der Waals surface area contributed by atoms with Gasteiger partial charge in [0.25, 0.3) is 11.4 Å². The normalized spacial score (nSPS) is 10.1. The van der Waals surface area contributed by atoms with Crippen LogP contribution in [0.3, 0.4) is 0 Å². The zero-order valence-corrected chi connectivity index (χ0v) is 23.4. The van der Waals surface area contributed by atoms with Crippen LogP contribution >= 0.6 is 0 Å². The summed E-state index contributed by atoms with van der Waals surface area (Å²) in [7, 11) is 0. The molecule has 6 aromatic rings. The summed E-state index contributed by atoms with van der Waals surface area (Å²) in [6.07, 6.45) is 3.75. The minimum absolute atomic E-state index is 0.946. The Morgan fingerprint density at radius 1 is 0.543 bits per heavy atom. The molecule has 2 aromatic heterocycles. The lowest BCUT2D eigenvalue weighted by atomic mass is 9.97. The standard InChI is InChI=1S/C24H16N2.C12F4N4/c1-3-7-17(8-4-1)19-13-15-25-23-21(19)11-12-22-20(14-16-26-24(22)23)18-9-5-2-6-10-18;1-19-5(3-17)7-9(13)11(15)8(6(4-18)20-2)12(16)10(7)14/h1-16H;. The molecule has 6 rings (SSSR count). The van der Waals surface area contributed by atoms with Gasteiger partial charge in [-0.1, -0.05) is 72.8 Å². The topological polar surface area (TPSA) is 82.1 Å². The first-order chi connectivity index (χ1) is 22.4. The molecule has 2 heterocycles. The van der Waals surface area contributed by atoms with Gasteiger partial charge in [-0.15, -0.1) is 0 Å². The maximum absolute atomic E-state index is 13.6. The zero-order chi connectivity index (χ0) is 32.8. The van der Waals surface area contributed by atoms with E-state index in [0.717, 1.165) is 33.9 Å². The Morgan fingerprint density at radius 3 is 1.20 bits per heavy atom. The van der Waals surface area contributed by atoms with Crippen LogP contribution in [0, 0.1) is 59.1 Å². The summed E-state index contributed by atoms with van der Waals surface area (Å²) in [5, 5.41) is 16.3. The molecule has 0 saturated heterocycles. The number of rotatable bonds is 2. The summed E-state index contributed by atoms with van der Waals surface area (Å²) in [6, 6.07) is 31.5. The molecule has 0 radical (unpaired) electrons. The fraction of sp³-hybridized carbons (Fsp3) is 0. The van der Waals surface area contributed by atoms with E-state index < -0.39 is 45.1 Å². The predicted octanol–water partition coefficient (Wildman–Crippen LogP) is 7.46. The number of nitrogens with zero attached hydrogens (tertiary/aromatic N) is 6. The van der Waals surface area contributed by atoms with Gasteiger partial charge in [0.2, 0.25) is 0 Å². The fourth-order valence-corrected chi connectivity index (χ4v) is 4.89. The molecule has 6 nitrogen and oxygen atoms in total. The highest BCUT2D eigenvalue weighted by Crippen LogP contribution is 2.34. The third-order valence-electron chi connectivity index (χ3n) is 6.96. The van der Waals surface area contributed by atoms with E-state index >= 15 is 0 Å². The minimum Gasteiger partial charge on any atom is -0.254 e. The molecule has 0 saturated carbocycles. The molecule has 0 amide bonds. The summed E-state index contributed by atoms with van der Waals surface area (Å²) in [4.78, 5) is 14.2. The maximum Gasteiger partial charge on any atom is 0.275 e. The second-order valence-corrected chi connectivity index (χ2v) is 9.46. The van der Waals surface area contributed by atoms with Crippen LogP contribution in [0.5, 0.6) is 0 Å². The van der Waals surface area contributed by atoms with Crippen molar-refractivity contribution in [1.29, 1.82) is 10.5 Å². The molecule has 0 bridgehead atoms. The largest absolute Gasteiger partial charge is 0.275 e. The highest BCUT2D eigenvalue weighted by Gasteiger charge is 2.22. The van der Waals surface area contributed by atoms with Gasteiger partial charge in [0.1, 0.15) is 0 Å². The first-order valence-electron chi connectivity index (χ1n) is 13.3. The van der Waals surface area contributed by atoms with Gasteiger partial charge >= 0.3 is 0 Å². The molecule has 0 aliphatic heterocycles. The van der Waals surface area contributed by atoms with Gasteiger partial charge < -0.3 is 0 Å². The minimum atomic E-state index is -2.01. The molecule has 0 aliphatic rings. The Labute approximate surface area is 259 Å². The molecule has 0 fully saturated rings. The van der Waals surface area contributed by atoms with Crippen molar-refractivity contribution in [2.24, 2.45) is 0 Å². The molecule has 4 aromatic carbocycles. The van der Waals surface area contributed by atoms with E-state index in [4.69, 9.17) is 23.7 Å². The number of nitriles is 2. The smallest absolute Gasteiger partial charge is 0.254 e. The number of pyridine rings is 2. The lowest BCUT2D eigenvalue weighted by molar-refractivity contribution is 0.434. The Morgan fingerprint density at radius 2 is 0.891 bits per heavy atom. The van der Waals surface area contributed by atoms with Crippen LogP contribution in [0.15, 0.2) is 97.3 Å². The van der Waals surface area contributed by atoms with Crippen LogP contribution in [0.1, 0.15) is 0 Å². The van der Waals surface area contributed by atoms with Crippen molar-refractivity contribution >= 4 is 33.2 Å². The van der Waals surface area contributed by atoms with Crippen LogP contribution in [0.4, 0.5) is 17.6 Å². The van der Waals surface area contributed by atoms with Gasteiger partial charge in [-0.05, 0) is 34.4 Å². The molecule has 0 spiro atoms. The third kappa shape index (κ3) is 5.47. The molecule has 0 N–H and O–H groups in total. The Balaban J connectivity index is 0.000000189. The zero-order valence-electron chi connectivity index (χ0n) is 23.4. The molecule has 10 heteroatoms. The van der Waals surface area contributed by atoms with E-state index in [1.54, 1.807) is 0 Å². The van der Waals surface area contributed by atoms with Crippen LogP contribution < -0.4 is 10.4 Å². The van der Waals surface area contributed by atoms with Crippen LogP contribution in [-0.4, -0.2) is 9.97 Å². The van der Waals surface area contributed by atoms with Gasteiger partial charge in [-0.25, -0.2) is 37.8 Å². The van der Waals surface area contributed by atoms with Gasteiger partial charge in [0.05, 0.1) is 46.8 Å². The highest BCUT2D eigenvalue weighted by molar-refractivity contribution is 6.11. The predicted molar refractivity (Wildman–Crippen MR) is 165 cm³/mol. The summed E-state index contributed by atoms with van der Waals surface area (Å²) in [5.74, 6) is -8.04. The summed E-state index contributed by atoms with van der Waals surface area (Å²) >= 11 is 0. The van der Waals surface area contributed by atoms with Gasteiger partial charge in [0, 0.05) is 23.2 Å². The Kier molecular flexibility index (Phi) is 8.76. The number of fused-ring (bicyclic) bond motifs is 3. The second-order valence-electron chi connectivity index (χ2n) is 9.46. The first kappa shape index (κ1) is 30.6. The van der Waals surface area contributed by atoms with Crippen molar-refractivity contribution in [2.75, 3.05) is 0 Å². The van der Waals surface area contributed by atoms with Crippen molar-refractivity contribution in [3.05, 3.63) is 154 Å². The van der Waals surface area contributed by atoms with E-state index in [2.05, 4.69) is 92.5 Å². The molecule has 218 valence electrons. The van der Waals surface area contributed by atoms with Gasteiger partial charge in [-0.2, -0.15) is 0 Å². The van der Waals surface area contributed by atoms with Crippen molar-refractivity contribution in [3.63, 3.8) is 0 Å². The van der Waals surface area contributed by atoms with Crippen LogP contribution in [0.2, 0.25) is 0 Å². The van der Waals surface area contributed by atoms with E-state index in [9.17, 15) is 17.6 Å². The van der Waals surface area contributed by atoms with Crippen LogP contribution in [-0.2, 0) is 0 Å². The monoisotopic (exact) mass is 608 g/mol. The van der Waals surface area contributed by atoms with Gasteiger partial charge in [-0.3, -0.25) is 9.97 Å². The molecule has 46 heavy (non-hydrogen) atoms. The average molecular weight is 609 g/mol. The summed E-state index contributed by atoms with van der Waals surface area (Å²) in [6.45, 7) is 13.0. The van der Waals surface area contributed by atoms with E-state index in [1.165, 1.54) is 22.3 Å². The van der Waals surface area contributed by atoms with Crippen molar-refractivity contribution in [2.45, 2.75) is 0 Å². The van der Waals surface area contributed by atoms with E-state index in [-0.39, 0.29) is 0 Å². The van der Waals surface area contributed by atoms with Crippen molar-refractivity contribution in [1.82, 2.24) is 9.97 Å². The summed E-state index contributed by atoms with van der Waals surface area (Å²) in [5.41, 5.74) is 4.27. The Bertz CT molecular complexity index is 2210. The highest BCUT2D eigenvalue weighted by atomic mass is 19.2. The molecule has 0 aliphatic carbocycles. The second kappa shape index (κ2) is 13.2. The number of hydrogen-bond donors (Lipinski definition) is 0. The SMILES string of the molecule is [C-]#[N+]C(C#N)=c1c(F)c(F)c(=C(C#N)[N+]#[C-])c(F)c1F.c1ccc(-c2ccnc3c2ccc2c(-c4ccccc4)ccnc23)cc1. The number of hydrogen-bond acceptors (Lipinski definition) is 4. The molecular formula is C36H16F4N6. The molecular weight excluding hydrogens is 592 g/mol. The van der Waals surface area contributed by atoms with Gasteiger partial charge in [0.15, 0.2) is 23.3 Å². The van der Waals surface area contributed by atoms with Crippen LogP contribution in [0.25, 0.3) is 65.1 Å². The van der Waals surface area contributed by atoms with E-state index in [0.29, 0.717) is 0 Å². The first-order valence-corrected chi connectivity index (χ1v) is 13.3. The average Bonchev–Trinajstić information content (AvgIpc) is 3.11. The molecule has 0 unspecified atom stereocenters. The van der Waals surface area contributed by atoms with Crippen molar-refractivity contribution in [3.8, 4) is 34.4 Å². The van der Waals surface area contributed by atoms with Crippen molar-refractivity contribution < 1.29 is 17.6 Å². The molecule has 0 atom stereocenters. The quantitative estimate of drug-likeness (QED) is 0.0885. The number of halogens is 4. The fourth-order valence-electron chi connectivity index (χ4n) is 4.89. The lowest BCUT2D eigenvalue weighted by Crippen LogP contribution is -2.30. The third-order valence-corrected chi connectivity index (χ3v) is 6.96. The summed E-state index contributed by atoms with van der Waals surface area (Å²) < 4.78 is 54.6. The Hall–Kier alpha value is -6.88.